The average molecular weight is 457 g/mol. The van der Waals surface area contributed by atoms with Crippen molar-refractivity contribution in [3.63, 3.8) is 0 Å². The van der Waals surface area contributed by atoms with Crippen LogP contribution in [0, 0.1) is 25.2 Å². The highest BCUT2D eigenvalue weighted by molar-refractivity contribution is 6.31. The highest BCUT2D eigenvalue weighted by Crippen LogP contribution is 2.20. The van der Waals surface area contributed by atoms with Gasteiger partial charge < -0.3 is 11.1 Å². The largest absolute Gasteiger partial charge is 0.384 e. The summed E-state index contributed by atoms with van der Waals surface area (Å²) in [6, 6.07) is 14.7. The molecule has 8 heteroatoms. The topological polar surface area (TPSA) is 118 Å². The van der Waals surface area contributed by atoms with E-state index >= 15 is 0 Å². The van der Waals surface area contributed by atoms with Crippen molar-refractivity contribution in [2.45, 2.75) is 26.8 Å². The smallest absolute Gasteiger partial charge is 0.251 e. The summed E-state index contributed by atoms with van der Waals surface area (Å²) in [6.07, 6.45) is 2.06. The lowest BCUT2D eigenvalue weighted by Crippen LogP contribution is -2.24. The molecule has 0 saturated heterocycles. The number of hydrogen-bond acceptors (Lipinski definition) is 6. The summed E-state index contributed by atoms with van der Waals surface area (Å²) in [5.41, 5.74) is 11.4. The third kappa shape index (κ3) is 5.08. The number of nitrogens with two attached hydrogens (primary N) is 1. The number of pyridine rings is 3. The van der Waals surface area contributed by atoms with E-state index in [1.54, 1.807) is 18.3 Å². The van der Waals surface area contributed by atoms with Gasteiger partial charge in [0.15, 0.2) is 0 Å². The second kappa shape index (κ2) is 9.23. The number of hydrogen-bond donors (Lipinski definition) is 2. The molecule has 0 unspecified atom stereocenters. The number of anilines is 1. The lowest BCUT2D eigenvalue weighted by Gasteiger charge is -2.12. The van der Waals surface area contributed by atoms with Crippen LogP contribution in [0.2, 0.25) is 5.02 Å². The molecule has 3 heterocycles. The van der Waals surface area contributed by atoms with E-state index < -0.39 is 0 Å². The van der Waals surface area contributed by atoms with Gasteiger partial charge in [0.1, 0.15) is 17.6 Å². The van der Waals surface area contributed by atoms with Gasteiger partial charge in [-0.25, -0.2) is 9.97 Å². The maximum absolute atomic E-state index is 12.9. The summed E-state index contributed by atoms with van der Waals surface area (Å²) in [5.74, 6) is 0.157. The molecule has 0 aliphatic carbocycles. The van der Waals surface area contributed by atoms with Gasteiger partial charge >= 0.3 is 0 Å². The summed E-state index contributed by atoms with van der Waals surface area (Å²) >= 11 is 6.06. The van der Waals surface area contributed by atoms with Crippen LogP contribution >= 0.6 is 11.6 Å². The van der Waals surface area contributed by atoms with E-state index in [0.717, 1.165) is 33.3 Å². The zero-order valence-corrected chi connectivity index (χ0v) is 18.9. The van der Waals surface area contributed by atoms with Crippen LogP contribution in [0.5, 0.6) is 0 Å². The van der Waals surface area contributed by atoms with Crippen molar-refractivity contribution in [1.29, 1.82) is 5.26 Å². The van der Waals surface area contributed by atoms with E-state index in [0.29, 0.717) is 35.1 Å². The molecule has 1 amide bonds. The van der Waals surface area contributed by atoms with Crippen LogP contribution in [0.25, 0.3) is 10.9 Å². The number of fused-ring (bicyclic) bond motifs is 1. The number of rotatable bonds is 5. The molecule has 3 aromatic heterocycles. The summed E-state index contributed by atoms with van der Waals surface area (Å²) in [6.45, 7) is 4.09. The Labute approximate surface area is 196 Å². The van der Waals surface area contributed by atoms with Gasteiger partial charge in [-0.15, -0.1) is 0 Å². The number of aryl methyl sites for hydroxylation is 2. The van der Waals surface area contributed by atoms with Crippen molar-refractivity contribution in [3.8, 4) is 6.07 Å². The SMILES string of the molecule is Cc1cc(N)nc(C)c1CNC(=O)c1cc(C#N)nc(Cc2ccc3ncc(Cl)cc3c2)c1. The summed E-state index contributed by atoms with van der Waals surface area (Å²) in [5, 5.41) is 13.8. The Bertz CT molecular complexity index is 1400. The van der Waals surface area contributed by atoms with E-state index in [1.807, 2.05) is 44.2 Å². The fraction of sp³-hybridized carbons (Fsp3) is 0.160. The number of amides is 1. The van der Waals surface area contributed by atoms with E-state index in [-0.39, 0.29) is 11.6 Å². The Kier molecular flexibility index (Phi) is 6.20. The molecule has 0 aliphatic rings. The van der Waals surface area contributed by atoms with Gasteiger partial charge in [-0.05, 0) is 66.9 Å². The second-order valence-corrected chi connectivity index (χ2v) is 8.25. The number of nitriles is 1. The quantitative estimate of drug-likeness (QED) is 0.463. The normalized spacial score (nSPS) is 10.7. The van der Waals surface area contributed by atoms with Crippen molar-refractivity contribution in [3.05, 3.63) is 93.0 Å². The van der Waals surface area contributed by atoms with Crippen LogP contribution in [-0.2, 0) is 13.0 Å². The maximum atomic E-state index is 12.9. The molecule has 0 saturated carbocycles. The van der Waals surface area contributed by atoms with Gasteiger partial charge in [0.05, 0.1) is 10.5 Å². The fourth-order valence-corrected chi connectivity index (χ4v) is 3.93. The Morgan fingerprint density at radius 3 is 2.73 bits per heavy atom. The molecule has 0 bridgehead atoms. The van der Waals surface area contributed by atoms with Crippen LogP contribution in [0.4, 0.5) is 5.82 Å². The van der Waals surface area contributed by atoms with Gasteiger partial charge in [-0.1, -0.05) is 17.7 Å². The molecule has 0 fully saturated rings. The molecular weight excluding hydrogens is 436 g/mol. The maximum Gasteiger partial charge on any atom is 0.251 e. The highest BCUT2D eigenvalue weighted by atomic mass is 35.5. The molecule has 0 atom stereocenters. The van der Waals surface area contributed by atoms with Crippen LogP contribution in [0.3, 0.4) is 0 Å². The van der Waals surface area contributed by atoms with E-state index in [2.05, 4.69) is 20.3 Å². The van der Waals surface area contributed by atoms with Crippen molar-refractivity contribution < 1.29 is 4.79 Å². The summed E-state index contributed by atoms with van der Waals surface area (Å²) < 4.78 is 0. The predicted molar refractivity (Wildman–Crippen MR) is 128 cm³/mol. The van der Waals surface area contributed by atoms with Crippen LogP contribution in [-0.4, -0.2) is 20.9 Å². The predicted octanol–water partition coefficient (Wildman–Crippen LogP) is 4.27. The minimum atomic E-state index is -0.291. The van der Waals surface area contributed by atoms with Crippen molar-refractivity contribution in [1.82, 2.24) is 20.3 Å². The number of carbonyl (C=O) groups excluding carboxylic acids is 1. The summed E-state index contributed by atoms with van der Waals surface area (Å²) in [4.78, 5) is 25.8. The average Bonchev–Trinajstić information content (AvgIpc) is 2.77. The molecule has 0 radical (unpaired) electrons. The van der Waals surface area contributed by atoms with Gasteiger partial charge in [0, 0.05) is 41.5 Å². The van der Waals surface area contributed by atoms with Gasteiger partial charge in [-0.3, -0.25) is 9.78 Å². The fourth-order valence-electron chi connectivity index (χ4n) is 3.77. The minimum absolute atomic E-state index is 0.185. The number of benzene rings is 1. The zero-order valence-electron chi connectivity index (χ0n) is 18.2. The second-order valence-electron chi connectivity index (χ2n) is 7.81. The van der Waals surface area contributed by atoms with Gasteiger partial charge in [-0.2, -0.15) is 5.26 Å². The summed E-state index contributed by atoms with van der Waals surface area (Å²) in [7, 11) is 0. The van der Waals surface area contributed by atoms with E-state index in [1.165, 1.54) is 6.07 Å². The molecule has 3 N–H and O–H groups in total. The van der Waals surface area contributed by atoms with Crippen LogP contribution in [0.15, 0.2) is 48.7 Å². The lowest BCUT2D eigenvalue weighted by molar-refractivity contribution is 0.0950. The van der Waals surface area contributed by atoms with Crippen molar-refractivity contribution in [2.75, 3.05) is 5.73 Å². The van der Waals surface area contributed by atoms with Crippen LogP contribution in [0.1, 0.15) is 44.1 Å². The number of nitrogens with one attached hydrogen (secondary N) is 1. The molecule has 164 valence electrons. The Hall–Kier alpha value is -4.02. The third-order valence-corrected chi connectivity index (χ3v) is 5.56. The number of nitrogen functional groups attached to an aromatic ring is 1. The van der Waals surface area contributed by atoms with Gasteiger partial charge in [0.25, 0.3) is 5.91 Å². The van der Waals surface area contributed by atoms with E-state index in [9.17, 15) is 10.1 Å². The molecule has 0 spiro atoms. The first-order valence-electron chi connectivity index (χ1n) is 10.3. The van der Waals surface area contributed by atoms with Crippen molar-refractivity contribution in [2.24, 2.45) is 0 Å². The molecular formula is C25H21ClN6O. The third-order valence-electron chi connectivity index (χ3n) is 5.35. The first-order chi connectivity index (χ1) is 15.8. The first-order valence-corrected chi connectivity index (χ1v) is 10.7. The Morgan fingerprint density at radius 2 is 1.97 bits per heavy atom. The lowest BCUT2D eigenvalue weighted by atomic mass is 10.0. The standard InChI is InChI=1S/C25H21ClN6O/c1-14-5-24(28)31-15(2)22(14)13-30-25(33)18-9-20(32-21(10-18)11-27)7-16-3-4-23-17(6-16)8-19(26)12-29-23/h3-6,8-10,12H,7,13H2,1-2H3,(H2,28,31)(H,30,33). The van der Waals surface area contributed by atoms with Crippen LogP contribution < -0.4 is 11.1 Å². The number of nitrogens with zero attached hydrogens (tertiary/aromatic N) is 4. The molecule has 1 aromatic carbocycles. The first kappa shape index (κ1) is 22.2. The molecule has 4 aromatic rings. The number of halogens is 1. The molecule has 0 aliphatic heterocycles. The zero-order chi connectivity index (χ0) is 23.5. The number of carbonyl (C=O) groups is 1. The van der Waals surface area contributed by atoms with E-state index in [4.69, 9.17) is 17.3 Å². The van der Waals surface area contributed by atoms with Gasteiger partial charge in [0.2, 0.25) is 0 Å². The molecule has 33 heavy (non-hydrogen) atoms. The molecule has 4 rings (SSSR count). The Balaban J connectivity index is 1.57. The monoisotopic (exact) mass is 456 g/mol. The minimum Gasteiger partial charge on any atom is -0.384 e. The van der Waals surface area contributed by atoms with Crippen molar-refractivity contribution >= 4 is 34.2 Å². The Morgan fingerprint density at radius 1 is 1.15 bits per heavy atom. The number of aromatic nitrogens is 3. The highest BCUT2D eigenvalue weighted by Gasteiger charge is 2.13. The molecule has 7 nitrogen and oxygen atoms in total.